The number of anilines is 2. The lowest BCUT2D eigenvalue weighted by Crippen LogP contribution is -2.07. The SMILES string of the molecule is CCCNc1nn(Cc2ccccc2Br)c(N)c1C#N. The second kappa shape index (κ2) is 6.44. The van der Waals surface area contributed by atoms with Crippen LogP contribution < -0.4 is 11.1 Å². The predicted octanol–water partition coefficient (Wildman–Crippen LogP) is 2.97. The van der Waals surface area contributed by atoms with E-state index in [0.29, 0.717) is 23.7 Å². The minimum Gasteiger partial charge on any atom is -0.383 e. The van der Waals surface area contributed by atoms with Crippen molar-refractivity contribution in [2.24, 2.45) is 0 Å². The number of nitrogen functional groups attached to an aromatic ring is 1. The van der Waals surface area contributed by atoms with Crippen LogP contribution in [0.25, 0.3) is 0 Å². The van der Waals surface area contributed by atoms with Gasteiger partial charge in [-0.05, 0) is 18.1 Å². The highest BCUT2D eigenvalue weighted by molar-refractivity contribution is 9.10. The molecule has 1 aromatic carbocycles. The van der Waals surface area contributed by atoms with Crippen LogP contribution in [0.4, 0.5) is 11.6 Å². The second-order valence-corrected chi connectivity index (χ2v) is 5.25. The molecule has 0 saturated heterocycles. The molecular weight excluding hydrogens is 318 g/mol. The molecule has 2 aromatic rings. The van der Waals surface area contributed by atoms with Gasteiger partial charge in [0.25, 0.3) is 0 Å². The number of halogens is 1. The van der Waals surface area contributed by atoms with E-state index < -0.39 is 0 Å². The molecule has 20 heavy (non-hydrogen) atoms. The van der Waals surface area contributed by atoms with Crippen molar-refractivity contribution in [1.82, 2.24) is 9.78 Å². The van der Waals surface area contributed by atoms with Crippen molar-refractivity contribution in [2.75, 3.05) is 17.6 Å². The summed E-state index contributed by atoms with van der Waals surface area (Å²) in [6.07, 6.45) is 0.960. The number of hydrogen-bond donors (Lipinski definition) is 2. The smallest absolute Gasteiger partial charge is 0.168 e. The van der Waals surface area contributed by atoms with Gasteiger partial charge in [-0.3, -0.25) is 0 Å². The molecule has 0 atom stereocenters. The molecule has 0 amide bonds. The lowest BCUT2D eigenvalue weighted by molar-refractivity contribution is 0.696. The van der Waals surface area contributed by atoms with Gasteiger partial charge in [-0.25, -0.2) is 4.68 Å². The summed E-state index contributed by atoms with van der Waals surface area (Å²) in [4.78, 5) is 0. The van der Waals surface area contributed by atoms with Crippen molar-refractivity contribution in [1.29, 1.82) is 5.26 Å². The van der Waals surface area contributed by atoms with E-state index in [2.05, 4.69) is 39.3 Å². The van der Waals surface area contributed by atoms with E-state index >= 15 is 0 Å². The number of nitrogens with zero attached hydrogens (tertiary/aromatic N) is 3. The first-order valence-corrected chi connectivity index (χ1v) is 7.20. The number of benzene rings is 1. The lowest BCUT2D eigenvalue weighted by Gasteiger charge is -2.06. The zero-order chi connectivity index (χ0) is 14.5. The predicted molar refractivity (Wildman–Crippen MR) is 83.4 cm³/mol. The number of aromatic nitrogens is 2. The number of nitrogens with two attached hydrogens (primary N) is 1. The Bertz CT molecular complexity index is 641. The van der Waals surface area contributed by atoms with Gasteiger partial charge in [0.2, 0.25) is 0 Å². The molecule has 0 saturated carbocycles. The molecule has 0 unspecified atom stereocenters. The topological polar surface area (TPSA) is 79.7 Å². The molecular formula is C14H16BrN5. The van der Waals surface area contributed by atoms with Crippen LogP contribution in [0, 0.1) is 11.3 Å². The molecule has 104 valence electrons. The Hall–Kier alpha value is -2.00. The zero-order valence-electron chi connectivity index (χ0n) is 11.2. The second-order valence-electron chi connectivity index (χ2n) is 4.40. The molecule has 5 nitrogen and oxygen atoms in total. The van der Waals surface area contributed by atoms with Crippen molar-refractivity contribution in [3.05, 3.63) is 39.9 Å². The summed E-state index contributed by atoms with van der Waals surface area (Å²) in [6.45, 7) is 3.34. The summed E-state index contributed by atoms with van der Waals surface area (Å²) < 4.78 is 2.65. The Kier molecular flexibility index (Phi) is 4.64. The summed E-state index contributed by atoms with van der Waals surface area (Å²) in [5.41, 5.74) is 7.48. The maximum atomic E-state index is 9.20. The van der Waals surface area contributed by atoms with Crippen molar-refractivity contribution in [3.63, 3.8) is 0 Å². The van der Waals surface area contributed by atoms with E-state index in [1.807, 2.05) is 24.3 Å². The Morgan fingerprint density at radius 1 is 1.45 bits per heavy atom. The average molecular weight is 334 g/mol. The standard InChI is InChI=1S/C14H16BrN5/c1-2-7-18-14-11(8-16)13(17)20(19-14)9-10-5-3-4-6-12(10)15/h3-6H,2,7,9,17H2,1H3,(H,18,19). The first-order chi connectivity index (χ1) is 9.67. The van der Waals surface area contributed by atoms with Gasteiger partial charge < -0.3 is 11.1 Å². The molecule has 3 N–H and O–H groups in total. The van der Waals surface area contributed by atoms with Crippen LogP contribution in [-0.2, 0) is 6.54 Å². The minimum absolute atomic E-state index is 0.391. The van der Waals surface area contributed by atoms with E-state index in [1.165, 1.54) is 0 Å². The molecule has 6 heteroatoms. The van der Waals surface area contributed by atoms with Gasteiger partial charge >= 0.3 is 0 Å². The highest BCUT2D eigenvalue weighted by Gasteiger charge is 2.15. The third kappa shape index (κ3) is 2.94. The third-order valence-electron chi connectivity index (χ3n) is 2.92. The minimum atomic E-state index is 0.391. The van der Waals surface area contributed by atoms with Crippen molar-refractivity contribution in [2.45, 2.75) is 19.9 Å². The molecule has 0 aliphatic heterocycles. The summed E-state index contributed by atoms with van der Waals surface area (Å²) in [7, 11) is 0. The summed E-state index contributed by atoms with van der Waals surface area (Å²) >= 11 is 3.50. The Balaban J connectivity index is 2.31. The Morgan fingerprint density at radius 3 is 2.85 bits per heavy atom. The molecule has 0 aliphatic rings. The third-order valence-corrected chi connectivity index (χ3v) is 3.70. The normalized spacial score (nSPS) is 10.2. The van der Waals surface area contributed by atoms with E-state index in [4.69, 9.17) is 5.73 Å². The number of nitrogens with one attached hydrogen (secondary N) is 1. The number of rotatable bonds is 5. The maximum absolute atomic E-state index is 9.20. The van der Waals surface area contributed by atoms with E-state index in [1.54, 1.807) is 4.68 Å². The van der Waals surface area contributed by atoms with Crippen molar-refractivity contribution >= 4 is 27.6 Å². The van der Waals surface area contributed by atoms with E-state index in [0.717, 1.165) is 23.0 Å². The van der Waals surface area contributed by atoms with E-state index in [-0.39, 0.29) is 0 Å². The fourth-order valence-electron chi connectivity index (χ4n) is 1.86. The van der Waals surface area contributed by atoms with Crippen LogP contribution in [0.1, 0.15) is 24.5 Å². The molecule has 0 aliphatic carbocycles. The number of hydrogen-bond acceptors (Lipinski definition) is 4. The van der Waals surface area contributed by atoms with Gasteiger partial charge in [-0.2, -0.15) is 10.4 Å². The Labute approximate surface area is 126 Å². The van der Waals surface area contributed by atoms with Crippen LogP contribution in [0.2, 0.25) is 0 Å². The van der Waals surface area contributed by atoms with Crippen molar-refractivity contribution in [3.8, 4) is 6.07 Å². The van der Waals surface area contributed by atoms with Crippen LogP contribution in [-0.4, -0.2) is 16.3 Å². The highest BCUT2D eigenvalue weighted by atomic mass is 79.9. The molecule has 0 fully saturated rings. The fraction of sp³-hybridized carbons (Fsp3) is 0.286. The van der Waals surface area contributed by atoms with Crippen LogP contribution in [0.3, 0.4) is 0 Å². The lowest BCUT2D eigenvalue weighted by atomic mass is 10.2. The molecule has 0 radical (unpaired) electrons. The van der Waals surface area contributed by atoms with Crippen LogP contribution in [0.15, 0.2) is 28.7 Å². The molecule has 1 aromatic heterocycles. The van der Waals surface area contributed by atoms with E-state index in [9.17, 15) is 5.26 Å². The summed E-state index contributed by atoms with van der Waals surface area (Å²) in [5, 5.41) is 16.7. The fourth-order valence-corrected chi connectivity index (χ4v) is 2.27. The van der Waals surface area contributed by atoms with Gasteiger partial charge in [-0.1, -0.05) is 41.1 Å². The summed E-state index contributed by atoms with van der Waals surface area (Å²) in [5.74, 6) is 0.945. The van der Waals surface area contributed by atoms with Crippen LogP contribution >= 0.6 is 15.9 Å². The highest BCUT2D eigenvalue weighted by Crippen LogP contribution is 2.23. The number of nitriles is 1. The Morgan fingerprint density at radius 2 is 2.20 bits per heavy atom. The maximum Gasteiger partial charge on any atom is 0.168 e. The monoisotopic (exact) mass is 333 g/mol. The first kappa shape index (κ1) is 14.4. The zero-order valence-corrected chi connectivity index (χ0v) is 12.8. The molecule has 2 rings (SSSR count). The largest absolute Gasteiger partial charge is 0.383 e. The molecule has 1 heterocycles. The quantitative estimate of drug-likeness (QED) is 0.881. The average Bonchev–Trinajstić information content (AvgIpc) is 2.75. The first-order valence-electron chi connectivity index (χ1n) is 6.41. The molecule has 0 bridgehead atoms. The van der Waals surface area contributed by atoms with Gasteiger partial charge in [-0.15, -0.1) is 0 Å². The van der Waals surface area contributed by atoms with Gasteiger partial charge in [0.05, 0.1) is 6.54 Å². The molecule has 0 spiro atoms. The van der Waals surface area contributed by atoms with Crippen LogP contribution in [0.5, 0.6) is 0 Å². The van der Waals surface area contributed by atoms with Gasteiger partial charge in [0.15, 0.2) is 5.82 Å². The van der Waals surface area contributed by atoms with Crippen molar-refractivity contribution < 1.29 is 0 Å². The van der Waals surface area contributed by atoms with Gasteiger partial charge in [0, 0.05) is 11.0 Å². The summed E-state index contributed by atoms with van der Waals surface area (Å²) in [6, 6.07) is 9.99. The van der Waals surface area contributed by atoms with Gasteiger partial charge in [0.1, 0.15) is 17.5 Å².